The van der Waals surface area contributed by atoms with Gasteiger partial charge in [-0.25, -0.2) is 4.79 Å². The lowest BCUT2D eigenvalue weighted by molar-refractivity contribution is 0.0956. The Bertz CT molecular complexity index is 802. The molecule has 1 aliphatic rings. The lowest BCUT2D eigenvalue weighted by Crippen LogP contribution is -2.35. The predicted molar refractivity (Wildman–Crippen MR) is 101 cm³/mol. The van der Waals surface area contributed by atoms with Crippen LogP contribution in [0.25, 0.3) is 0 Å². The average Bonchev–Trinajstić information content (AvgIpc) is 2.63. The Balaban J connectivity index is 1.63. The standard InChI is InChI=1S/C20H23N3O3/c1-3-21-19(24)14-7-9-15(10-8-14)22-20(25)23-17-11-12-26-18-13(2)5-4-6-16(17)18/h4-10,17H,3,11-12H2,1-2H3,(H,21,24)(H2,22,23,25)/t17-/m0/s1. The number of ether oxygens (including phenoxy) is 1. The number of rotatable bonds is 4. The molecule has 6 heteroatoms. The summed E-state index contributed by atoms with van der Waals surface area (Å²) in [5.74, 6) is 0.730. The van der Waals surface area contributed by atoms with Crippen molar-refractivity contribution in [1.29, 1.82) is 0 Å². The van der Waals surface area contributed by atoms with Crippen molar-refractivity contribution in [2.24, 2.45) is 0 Å². The first-order valence-electron chi connectivity index (χ1n) is 8.76. The van der Waals surface area contributed by atoms with Crippen LogP contribution in [-0.2, 0) is 0 Å². The number of carbonyl (C=O) groups excluding carboxylic acids is 2. The van der Waals surface area contributed by atoms with Crippen molar-refractivity contribution in [2.45, 2.75) is 26.3 Å². The maximum absolute atomic E-state index is 12.4. The minimum absolute atomic E-state index is 0.0896. The molecule has 0 radical (unpaired) electrons. The number of carbonyl (C=O) groups is 2. The lowest BCUT2D eigenvalue weighted by Gasteiger charge is -2.27. The summed E-state index contributed by atoms with van der Waals surface area (Å²) in [6.45, 7) is 5.02. The summed E-state index contributed by atoms with van der Waals surface area (Å²) in [5, 5.41) is 8.55. The summed E-state index contributed by atoms with van der Waals surface area (Å²) in [5.41, 5.74) is 3.26. The molecule has 26 heavy (non-hydrogen) atoms. The highest BCUT2D eigenvalue weighted by Crippen LogP contribution is 2.34. The Morgan fingerprint density at radius 3 is 2.65 bits per heavy atom. The molecule has 0 aliphatic carbocycles. The Labute approximate surface area is 152 Å². The van der Waals surface area contributed by atoms with Crippen LogP contribution < -0.4 is 20.7 Å². The monoisotopic (exact) mass is 353 g/mol. The maximum Gasteiger partial charge on any atom is 0.319 e. The highest BCUT2D eigenvalue weighted by molar-refractivity contribution is 5.95. The molecule has 0 aromatic heterocycles. The van der Waals surface area contributed by atoms with Gasteiger partial charge in [-0.05, 0) is 43.7 Å². The lowest BCUT2D eigenvalue weighted by atomic mass is 9.98. The smallest absolute Gasteiger partial charge is 0.319 e. The van der Waals surface area contributed by atoms with Crippen molar-refractivity contribution in [3.63, 3.8) is 0 Å². The van der Waals surface area contributed by atoms with Crippen molar-refractivity contribution in [3.8, 4) is 5.75 Å². The topological polar surface area (TPSA) is 79.5 Å². The molecule has 3 amide bonds. The zero-order chi connectivity index (χ0) is 18.5. The minimum atomic E-state index is -0.282. The van der Waals surface area contributed by atoms with Crippen molar-refractivity contribution < 1.29 is 14.3 Å². The summed E-state index contributed by atoms with van der Waals surface area (Å²) in [6, 6.07) is 12.4. The van der Waals surface area contributed by atoms with E-state index in [0.717, 1.165) is 23.3 Å². The zero-order valence-corrected chi connectivity index (χ0v) is 15.0. The number of benzene rings is 2. The Kier molecular flexibility index (Phi) is 5.41. The number of amides is 3. The molecular formula is C20H23N3O3. The van der Waals surface area contributed by atoms with Gasteiger partial charge in [0, 0.05) is 29.8 Å². The first-order valence-corrected chi connectivity index (χ1v) is 8.76. The van der Waals surface area contributed by atoms with E-state index in [0.29, 0.717) is 24.4 Å². The van der Waals surface area contributed by atoms with E-state index in [1.807, 2.05) is 32.0 Å². The van der Waals surface area contributed by atoms with Gasteiger partial charge in [0.05, 0.1) is 12.6 Å². The van der Waals surface area contributed by atoms with Crippen molar-refractivity contribution in [1.82, 2.24) is 10.6 Å². The van der Waals surface area contributed by atoms with Gasteiger partial charge in [0.1, 0.15) is 5.75 Å². The SMILES string of the molecule is CCNC(=O)c1ccc(NC(=O)N[C@H]2CCOc3c(C)cccc32)cc1. The molecule has 136 valence electrons. The van der Waals surface area contributed by atoms with Crippen LogP contribution in [0.5, 0.6) is 5.75 Å². The second-order valence-corrected chi connectivity index (χ2v) is 6.22. The largest absolute Gasteiger partial charge is 0.493 e. The third-order valence-electron chi connectivity index (χ3n) is 4.32. The van der Waals surface area contributed by atoms with Crippen LogP contribution in [0, 0.1) is 6.92 Å². The van der Waals surface area contributed by atoms with Crippen LogP contribution in [0.4, 0.5) is 10.5 Å². The minimum Gasteiger partial charge on any atom is -0.493 e. The summed E-state index contributed by atoms with van der Waals surface area (Å²) in [4.78, 5) is 24.1. The third-order valence-corrected chi connectivity index (χ3v) is 4.32. The van der Waals surface area contributed by atoms with Crippen LogP contribution in [0.3, 0.4) is 0 Å². The molecule has 0 bridgehead atoms. The molecule has 1 aliphatic heterocycles. The molecule has 6 nitrogen and oxygen atoms in total. The number of para-hydroxylation sites is 1. The van der Waals surface area contributed by atoms with Crippen LogP contribution in [0.1, 0.15) is 40.9 Å². The Hall–Kier alpha value is -3.02. The highest BCUT2D eigenvalue weighted by Gasteiger charge is 2.24. The second kappa shape index (κ2) is 7.91. The first-order chi connectivity index (χ1) is 12.6. The van der Waals surface area contributed by atoms with Gasteiger partial charge in [0.25, 0.3) is 5.91 Å². The van der Waals surface area contributed by atoms with E-state index in [-0.39, 0.29) is 18.0 Å². The van der Waals surface area contributed by atoms with Gasteiger partial charge in [-0.1, -0.05) is 18.2 Å². The van der Waals surface area contributed by atoms with Gasteiger partial charge in [0.2, 0.25) is 0 Å². The van der Waals surface area contributed by atoms with Crippen LogP contribution in [0.15, 0.2) is 42.5 Å². The molecule has 1 heterocycles. The fourth-order valence-electron chi connectivity index (χ4n) is 3.02. The predicted octanol–water partition coefficient (Wildman–Crippen LogP) is 3.39. The van der Waals surface area contributed by atoms with Gasteiger partial charge in [-0.2, -0.15) is 0 Å². The van der Waals surface area contributed by atoms with E-state index in [2.05, 4.69) is 16.0 Å². The number of hydrogen-bond donors (Lipinski definition) is 3. The van der Waals surface area contributed by atoms with E-state index in [9.17, 15) is 9.59 Å². The van der Waals surface area contributed by atoms with Gasteiger partial charge in [0.15, 0.2) is 0 Å². The molecule has 0 saturated carbocycles. The average molecular weight is 353 g/mol. The summed E-state index contributed by atoms with van der Waals surface area (Å²) < 4.78 is 5.73. The van der Waals surface area contributed by atoms with Crippen LogP contribution >= 0.6 is 0 Å². The molecule has 0 saturated heterocycles. The Morgan fingerprint density at radius 1 is 1.15 bits per heavy atom. The molecule has 2 aromatic carbocycles. The zero-order valence-electron chi connectivity index (χ0n) is 15.0. The quantitative estimate of drug-likeness (QED) is 0.788. The Morgan fingerprint density at radius 2 is 1.92 bits per heavy atom. The highest BCUT2D eigenvalue weighted by atomic mass is 16.5. The van der Waals surface area contributed by atoms with Crippen LogP contribution in [-0.4, -0.2) is 25.1 Å². The molecule has 0 fully saturated rings. The molecule has 0 spiro atoms. The fourth-order valence-corrected chi connectivity index (χ4v) is 3.02. The molecule has 3 rings (SSSR count). The third kappa shape index (κ3) is 3.96. The first kappa shape index (κ1) is 17.8. The summed E-state index contributed by atoms with van der Waals surface area (Å²) in [7, 11) is 0. The number of fused-ring (bicyclic) bond motifs is 1. The van der Waals surface area contributed by atoms with Crippen molar-refractivity contribution in [3.05, 3.63) is 59.2 Å². The number of urea groups is 1. The molecule has 0 unspecified atom stereocenters. The second-order valence-electron chi connectivity index (χ2n) is 6.22. The number of aryl methyl sites for hydroxylation is 1. The van der Waals surface area contributed by atoms with Gasteiger partial charge < -0.3 is 20.7 Å². The van der Waals surface area contributed by atoms with E-state index >= 15 is 0 Å². The molecule has 3 N–H and O–H groups in total. The fraction of sp³-hybridized carbons (Fsp3) is 0.300. The molecule has 1 atom stereocenters. The molecular weight excluding hydrogens is 330 g/mol. The van der Waals surface area contributed by atoms with Gasteiger partial charge >= 0.3 is 6.03 Å². The number of nitrogens with one attached hydrogen (secondary N) is 3. The summed E-state index contributed by atoms with van der Waals surface area (Å²) in [6.07, 6.45) is 0.722. The number of hydrogen-bond acceptors (Lipinski definition) is 3. The van der Waals surface area contributed by atoms with E-state index in [1.165, 1.54) is 0 Å². The maximum atomic E-state index is 12.4. The van der Waals surface area contributed by atoms with Crippen LogP contribution in [0.2, 0.25) is 0 Å². The van der Waals surface area contributed by atoms with Crippen molar-refractivity contribution in [2.75, 3.05) is 18.5 Å². The summed E-state index contributed by atoms with van der Waals surface area (Å²) >= 11 is 0. The van der Waals surface area contributed by atoms with Crippen molar-refractivity contribution >= 4 is 17.6 Å². The van der Waals surface area contributed by atoms with E-state index < -0.39 is 0 Å². The van der Waals surface area contributed by atoms with Gasteiger partial charge in [-0.15, -0.1) is 0 Å². The molecule has 2 aromatic rings. The van der Waals surface area contributed by atoms with E-state index in [1.54, 1.807) is 24.3 Å². The number of anilines is 1. The van der Waals surface area contributed by atoms with Gasteiger partial charge in [-0.3, -0.25) is 4.79 Å². The van der Waals surface area contributed by atoms with E-state index in [4.69, 9.17) is 4.74 Å². The normalized spacial score (nSPS) is 15.4.